The number of aromatic nitrogens is 1. The van der Waals surface area contributed by atoms with E-state index in [0.717, 1.165) is 30.5 Å². The fourth-order valence-corrected chi connectivity index (χ4v) is 2.82. The van der Waals surface area contributed by atoms with Gasteiger partial charge in [-0.25, -0.2) is 9.37 Å². The molecule has 0 spiro atoms. The van der Waals surface area contributed by atoms with Gasteiger partial charge in [0.2, 0.25) is 0 Å². The fourth-order valence-electron chi connectivity index (χ4n) is 2.55. The van der Waals surface area contributed by atoms with E-state index in [0.29, 0.717) is 6.07 Å². The minimum absolute atomic E-state index is 0.0448. The lowest BCUT2D eigenvalue weighted by Crippen LogP contribution is -2.18. The van der Waals surface area contributed by atoms with Crippen molar-refractivity contribution >= 4 is 46.4 Å². The SMILES string of the molecule is O=C(Nc1ccc(NC(=O)c2ccccc2F)cc1C(F)(F)F)c1cnc(Cl)c(Cl)c1. The molecule has 5 nitrogen and oxygen atoms in total. The number of anilines is 2. The summed E-state index contributed by atoms with van der Waals surface area (Å²) in [6, 6.07) is 8.90. The number of nitrogens with zero attached hydrogens (tertiary/aromatic N) is 1. The molecular formula is C20H11Cl2F4N3O2. The third-order valence-corrected chi connectivity index (χ3v) is 4.69. The number of pyridine rings is 1. The van der Waals surface area contributed by atoms with Gasteiger partial charge in [-0.3, -0.25) is 9.59 Å². The minimum Gasteiger partial charge on any atom is -0.322 e. The van der Waals surface area contributed by atoms with Crippen molar-refractivity contribution in [2.45, 2.75) is 6.18 Å². The Morgan fingerprint density at radius 1 is 0.935 bits per heavy atom. The maximum absolute atomic E-state index is 13.7. The van der Waals surface area contributed by atoms with Crippen LogP contribution in [-0.4, -0.2) is 16.8 Å². The van der Waals surface area contributed by atoms with Crippen molar-refractivity contribution in [1.82, 2.24) is 4.98 Å². The maximum Gasteiger partial charge on any atom is 0.418 e. The molecule has 0 bridgehead atoms. The Morgan fingerprint density at radius 3 is 2.29 bits per heavy atom. The summed E-state index contributed by atoms with van der Waals surface area (Å²) >= 11 is 11.4. The first-order valence-electron chi connectivity index (χ1n) is 8.46. The van der Waals surface area contributed by atoms with Crippen molar-refractivity contribution in [2.24, 2.45) is 0 Å². The molecule has 11 heteroatoms. The third kappa shape index (κ3) is 5.31. The van der Waals surface area contributed by atoms with E-state index in [-0.39, 0.29) is 27.0 Å². The lowest BCUT2D eigenvalue weighted by Gasteiger charge is -2.16. The van der Waals surface area contributed by atoms with E-state index >= 15 is 0 Å². The third-order valence-electron chi connectivity index (χ3n) is 4.01. The van der Waals surface area contributed by atoms with Crippen LogP contribution >= 0.6 is 23.2 Å². The standard InChI is InChI=1S/C20H11Cl2F4N3O2/c21-14-7-10(9-27-17(14)22)18(30)29-16-6-5-11(8-13(16)20(24,25)26)28-19(31)12-3-1-2-4-15(12)23/h1-9H,(H,28,31)(H,29,30). The zero-order chi connectivity index (χ0) is 22.8. The van der Waals surface area contributed by atoms with Crippen molar-refractivity contribution in [3.05, 3.63) is 87.4 Å². The summed E-state index contributed by atoms with van der Waals surface area (Å²) in [5.74, 6) is -2.65. The molecule has 2 N–H and O–H groups in total. The average Bonchev–Trinajstić information content (AvgIpc) is 2.70. The Labute approximate surface area is 183 Å². The van der Waals surface area contributed by atoms with Gasteiger partial charge in [-0.15, -0.1) is 0 Å². The summed E-state index contributed by atoms with van der Waals surface area (Å²) in [6.07, 6.45) is -3.81. The highest BCUT2D eigenvalue weighted by atomic mass is 35.5. The number of alkyl halides is 3. The molecule has 1 aromatic heterocycles. The van der Waals surface area contributed by atoms with Gasteiger partial charge in [-0.05, 0) is 36.4 Å². The highest BCUT2D eigenvalue weighted by Gasteiger charge is 2.34. The van der Waals surface area contributed by atoms with Gasteiger partial charge < -0.3 is 10.6 Å². The molecule has 31 heavy (non-hydrogen) atoms. The van der Waals surface area contributed by atoms with E-state index in [1.165, 1.54) is 18.2 Å². The number of hydrogen-bond acceptors (Lipinski definition) is 3. The Balaban J connectivity index is 1.88. The molecular weight excluding hydrogens is 461 g/mol. The van der Waals surface area contributed by atoms with Crippen LogP contribution in [0.15, 0.2) is 54.7 Å². The van der Waals surface area contributed by atoms with Crippen LogP contribution < -0.4 is 10.6 Å². The molecule has 0 saturated carbocycles. The number of nitrogens with one attached hydrogen (secondary N) is 2. The topological polar surface area (TPSA) is 71.1 Å². The van der Waals surface area contributed by atoms with Gasteiger partial charge in [0, 0.05) is 11.9 Å². The summed E-state index contributed by atoms with van der Waals surface area (Å²) in [7, 11) is 0. The number of hydrogen-bond donors (Lipinski definition) is 2. The van der Waals surface area contributed by atoms with Gasteiger partial charge in [0.05, 0.1) is 27.4 Å². The normalized spacial score (nSPS) is 11.2. The molecule has 0 unspecified atom stereocenters. The summed E-state index contributed by atoms with van der Waals surface area (Å²) in [4.78, 5) is 28.1. The molecule has 0 atom stereocenters. The van der Waals surface area contributed by atoms with Gasteiger partial charge in [0.25, 0.3) is 11.8 Å². The van der Waals surface area contributed by atoms with E-state index in [1.54, 1.807) is 0 Å². The van der Waals surface area contributed by atoms with Crippen molar-refractivity contribution in [3.63, 3.8) is 0 Å². The van der Waals surface area contributed by atoms with Crippen molar-refractivity contribution in [3.8, 4) is 0 Å². The summed E-state index contributed by atoms with van der Waals surface area (Å²) in [6.45, 7) is 0. The smallest absolute Gasteiger partial charge is 0.322 e. The highest BCUT2D eigenvalue weighted by molar-refractivity contribution is 6.41. The van der Waals surface area contributed by atoms with Crippen LogP contribution in [0.25, 0.3) is 0 Å². The van der Waals surface area contributed by atoms with Crippen molar-refractivity contribution in [2.75, 3.05) is 10.6 Å². The zero-order valence-electron chi connectivity index (χ0n) is 15.2. The average molecular weight is 472 g/mol. The molecule has 1 heterocycles. The first kappa shape index (κ1) is 22.5. The van der Waals surface area contributed by atoms with Gasteiger partial charge in [-0.1, -0.05) is 35.3 Å². The van der Waals surface area contributed by atoms with Crippen LogP contribution in [0.2, 0.25) is 10.2 Å². The minimum atomic E-state index is -4.86. The van der Waals surface area contributed by atoms with Crippen LogP contribution in [0.1, 0.15) is 26.3 Å². The lowest BCUT2D eigenvalue weighted by atomic mass is 10.1. The van der Waals surface area contributed by atoms with Gasteiger partial charge >= 0.3 is 6.18 Å². The quantitative estimate of drug-likeness (QED) is 0.359. The Kier molecular flexibility index (Phi) is 6.47. The molecule has 3 aromatic rings. The van der Waals surface area contributed by atoms with E-state index in [4.69, 9.17) is 23.2 Å². The molecule has 0 aliphatic rings. The van der Waals surface area contributed by atoms with Gasteiger partial charge in [0.1, 0.15) is 11.0 Å². The number of carbonyl (C=O) groups excluding carboxylic acids is 2. The van der Waals surface area contributed by atoms with Gasteiger partial charge in [0.15, 0.2) is 0 Å². The van der Waals surface area contributed by atoms with Crippen LogP contribution in [0.4, 0.5) is 28.9 Å². The summed E-state index contributed by atoms with van der Waals surface area (Å²) < 4.78 is 54.4. The van der Waals surface area contributed by atoms with Crippen LogP contribution in [-0.2, 0) is 6.18 Å². The summed E-state index contributed by atoms with van der Waals surface area (Å²) in [5.41, 5.74) is -2.47. The number of carbonyl (C=O) groups is 2. The molecule has 0 fully saturated rings. The molecule has 0 saturated heterocycles. The molecule has 3 rings (SSSR count). The molecule has 0 aliphatic heterocycles. The van der Waals surface area contributed by atoms with Crippen LogP contribution in [0.5, 0.6) is 0 Å². The molecule has 0 radical (unpaired) electrons. The highest BCUT2D eigenvalue weighted by Crippen LogP contribution is 2.37. The second-order valence-corrected chi connectivity index (χ2v) is 6.91. The maximum atomic E-state index is 13.7. The largest absolute Gasteiger partial charge is 0.418 e. The Bertz CT molecular complexity index is 1170. The second kappa shape index (κ2) is 8.91. The van der Waals surface area contributed by atoms with E-state index < -0.39 is 35.1 Å². The molecule has 160 valence electrons. The first-order chi connectivity index (χ1) is 14.6. The fraction of sp³-hybridized carbons (Fsp3) is 0.0500. The molecule has 2 aromatic carbocycles. The number of benzene rings is 2. The van der Waals surface area contributed by atoms with E-state index in [1.807, 2.05) is 0 Å². The number of amides is 2. The zero-order valence-corrected chi connectivity index (χ0v) is 16.7. The van der Waals surface area contributed by atoms with Crippen LogP contribution in [0, 0.1) is 5.82 Å². The predicted molar refractivity (Wildman–Crippen MR) is 108 cm³/mol. The molecule has 0 aliphatic carbocycles. The molecule has 2 amide bonds. The van der Waals surface area contributed by atoms with Crippen LogP contribution in [0.3, 0.4) is 0 Å². The predicted octanol–water partition coefficient (Wildman–Crippen LogP) is 6.05. The van der Waals surface area contributed by atoms with E-state index in [9.17, 15) is 27.2 Å². The first-order valence-corrected chi connectivity index (χ1v) is 9.21. The number of halogens is 6. The lowest BCUT2D eigenvalue weighted by molar-refractivity contribution is -0.136. The Hall–Kier alpha value is -3.17. The second-order valence-electron chi connectivity index (χ2n) is 6.14. The van der Waals surface area contributed by atoms with E-state index in [2.05, 4.69) is 15.6 Å². The Morgan fingerprint density at radius 2 is 1.65 bits per heavy atom. The van der Waals surface area contributed by atoms with Gasteiger partial charge in [-0.2, -0.15) is 13.2 Å². The number of rotatable bonds is 4. The van der Waals surface area contributed by atoms with Crippen molar-refractivity contribution < 1.29 is 27.2 Å². The summed E-state index contributed by atoms with van der Waals surface area (Å²) in [5, 5.41) is 4.22. The monoisotopic (exact) mass is 471 g/mol. The van der Waals surface area contributed by atoms with Crippen molar-refractivity contribution in [1.29, 1.82) is 0 Å².